The molecule has 1 saturated heterocycles. The topological polar surface area (TPSA) is 54.9 Å². The van der Waals surface area contributed by atoms with Crippen molar-refractivity contribution in [2.75, 3.05) is 26.7 Å². The molecule has 2 unspecified atom stereocenters. The molecule has 6 nitrogen and oxygen atoms in total. The zero-order valence-electron chi connectivity index (χ0n) is 19.6. The van der Waals surface area contributed by atoms with Crippen molar-refractivity contribution in [1.82, 2.24) is 14.8 Å². The molecule has 2 aliphatic rings. The molecule has 190 valence electrons. The number of likely N-dealkylation sites (tertiary alicyclic amines) is 1. The Morgan fingerprint density at radius 2 is 1.86 bits per heavy atom. The minimum atomic E-state index is -4.77. The fourth-order valence-corrected chi connectivity index (χ4v) is 5.67. The largest absolute Gasteiger partial charge is 0.573 e. The highest BCUT2D eigenvalue weighted by molar-refractivity contribution is 7.07. The molecule has 5 rings (SSSR count). The monoisotopic (exact) mass is 517 g/mol. The van der Waals surface area contributed by atoms with Crippen molar-refractivity contribution in [3.8, 4) is 11.5 Å². The molecule has 0 N–H and O–H groups in total. The first kappa shape index (κ1) is 24.6. The average molecular weight is 518 g/mol. The molecule has 1 saturated carbocycles. The Morgan fingerprint density at radius 1 is 1.11 bits per heavy atom. The third-order valence-corrected chi connectivity index (χ3v) is 7.47. The van der Waals surface area contributed by atoms with E-state index in [0.29, 0.717) is 35.6 Å². The first-order valence-corrected chi connectivity index (χ1v) is 12.6. The summed E-state index contributed by atoms with van der Waals surface area (Å²) in [5, 5.41) is 1.70. The molecule has 2 heterocycles. The quantitative estimate of drug-likeness (QED) is 0.397. The number of hydrogen-bond acceptors (Lipinski definition) is 6. The lowest BCUT2D eigenvalue weighted by Crippen LogP contribution is -2.35. The third kappa shape index (κ3) is 5.82. The summed E-state index contributed by atoms with van der Waals surface area (Å²) in [6.07, 6.45) is -4.77. The average Bonchev–Trinajstić information content (AvgIpc) is 3.23. The number of fused-ring (bicyclic) bond motifs is 1. The number of carbonyl (C=O) groups excluding carboxylic acids is 1. The molecule has 2 fully saturated rings. The lowest BCUT2D eigenvalue weighted by Gasteiger charge is -2.25. The summed E-state index contributed by atoms with van der Waals surface area (Å²) in [6, 6.07) is 13.9. The molecule has 10 heteroatoms. The molecule has 1 aliphatic heterocycles. The zero-order chi connectivity index (χ0) is 25.3. The van der Waals surface area contributed by atoms with Gasteiger partial charge in [0, 0.05) is 38.1 Å². The Hall–Kier alpha value is -3.11. The zero-order valence-corrected chi connectivity index (χ0v) is 20.5. The van der Waals surface area contributed by atoms with Gasteiger partial charge in [-0.05, 0) is 53.1 Å². The molecule has 1 aromatic heterocycles. The number of rotatable bonds is 9. The van der Waals surface area contributed by atoms with Crippen molar-refractivity contribution in [2.45, 2.75) is 19.5 Å². The van der Waals surface area contributed by atoms with E-state index in [9.17, 15) is 18.0 Å². The molecule has 2 atom stereocenters. The second-order valence-electron chi connectivity index (χ2n) is 9.29. The molecule has 1 amide bonds. The normalized spacial score (nSPS) is 21.2. The van der Waals surface area contributed by atoms with Gasteiger partial charge in [0.25, 0.3) is 5.91 Å². The smallest absolute Gasteiger partial charge is 0.497 e. The van der Waals surface area contributed by atoms with Gasteiger partial charge >= 0.3 is 6.36 Å². The van der Waals surface area contributed by atoms with Gasteiger partial charge in [0.05, 0.1) is 12.6 Å². The predicted octanol–water partition coefficient (Wildman–Crippen LogP) is 5.07. The van der Waals surface area contributed by atoms with Crippen molar-refractivity contribution >= 4 is 17.2 Å². The molecular formula is C26H26F3N3O3S. The number of aromatic nitrogens is 1. The van der Waals surface area contributed by atoms with Crippen molar-refractivity contribution in [3.05, 3.63) is 76.2 Å². The molecule has 0 radical (unpaired) electrons. The van der Waals surface area contributed by atoms with Crippen LogP contribution >= 0.6 is 11.3 Å². The van der Waals surface area contributed by atoms with E-state index in [1.807, 2.05) is 12.1 Å². The number of amides is 1. The van der Waals surface area contributed by atoms with E-state index in [2.05, 4.69) is 26.8 Å². The van der Waals surface area contributed by atoms with Gasteiger partial charge in [-0.25, -0.2) is 4.98 Å². The molecular weight excluding hydrogens is 491 g/mol. The van der Waals surface area contributed by atoms with E-state index < -0.39 is 6.36 Å². The van der Waals surface area contributed by atoms with E-state index in [1.165, 1.54) is 35.1 Å². The van der Waals surface area contributed by atoms with Crippen LogP contribution in [0.15, 0.2) is 59.4 Å². The number of hydrogen-bond donors (Lipinski definition) is 0. The minimum Gasteiger partial charge on any atom is -0.497 e. The van der Waals surface area contributed by atoms with Crippen molar-refractivity contribution in [1.29, 1.82) is 0 Å². The second-order valence-corrected chi connectivity index (χ2v) is 10.0. The lowest BCUT2D eigenvalue weighted by molar-refractivity contribution is -0.274. The summed E-state index contributed by atoms with van der Waals surface area (Å²) < 4.78 is 47.3. The highest BCUT2D eigenvalue weighted by atomic mass is 32.1. The van der Waals surface area contributed by atoms with Crippen LogP contribution in [0.1, 0.15) is 21.6 Å². The molecule has 0 bridgehead atoms. The van der Waals surface area contributed by atoms with Crippen LogP contribution in [0.3, 0.4) is 0 Å². The van der Waals surface area contributed by atoms with E-state index in [1.54, 1.807) is 29.0 Å². The van der Waals surface area contributed by atoms with Crippen LogP contribution < -0.4 is 9.47 Å². The summed E-state index contributed by atoms with van der Waals surface area (Å²) in [4.78, 5) is 21.5. The predicted molar refractivity (Wildman–Crippen MR) is 129 cm³/mol. The first-order chi connectivity index (χ1) is 17.3. The SMILES string of the molecule is COc1ccc(CN2CC3C(C2)C3CN(Cc2cccc(OC(F)(F)F)c2)C(=O)c2cscn2)cc1. The molecule has 3 aromatic rings. The molecule has 36 heavy (non-hydrogen) atoms. The third-order valence-electron chi connectivity index (χ3n) is 6.89. The Bertz CT molecular complexity index is 1180. The Labute approximate surface area is 211 Å². The maximum absolute atomic E-state index is 13.2. The Morgan fingerprint density at radius 3 is 2.50 bits per heavy atom. The van der Waals surface area contributed by atoms with Gasteiger partial charge in [-0.2, -0.15) is 0 Å². The van der Waals surface area contributed by atoms with E-state index >= 15 is 0 Å². The number of thiazole rings is 1. The lowest BCUT2D eigenvalue weighted by atomic mass is 10.1. The van der Waals surface area contributed by atoms with Gasteiger partial charge in [-0.15, -0.1) is 24.5 Å². The molecule has 2 aromatic carbocycles. The number of ether oxygens (including phenoxy) is 2. The summed E-state index contributed by atoms with van der Waals surface area (Å²) in [5.41, 5.74) is 3.77. The van der Waals surface area contributed by atoms with Crippen LogP contribution in [0, 0.1) is 17.8 Å². The van der Waals surface area contributed by atoms with Gasteiger partial charge in [-0.1, -0.05) is 24.3 Å². The van der Waals surface area contributed by atoms with Crippen LogP contribution in [-0.2, 0) is 13.1 Å². The van der Waals surface area contributed by atoms with Crippen LogP contribution in [0.25, 0.3) is 0 Å². The summed E-state index contributed by atoms with van der Waals surface area (Å²) in [5.74, 6) is 1.72. The highest BCUT2D eigenvalue weighted by Crippen LogP contribution is 2.52. The summed E-state index contributed by atoms with van der Waals surface area (Å²) in [7, 11) is 1.65. The fraction of sp³-hybridized carbons (Fsp3) is 0.385. The maximum Gasteiger partial charge on any atom is 0.573 e. The Kier molecular flexibility index (Phi) is 6.90. The number of alkyl halides is 3. The van der Waals surface area contributed by atoms with Crippen molar-refractivity contribution in [3.63, 3.8) is 0 Å². The van der Waals surface area contributed by atoms with E-state index in [0.717, 1.165) is 25.4 Å². The summed E-state index contributed by atoms with van der Waals surface area (Å²) >= 11 is 1.34. The van der Waals surface area contributed by atoms with Gasteiger partial charge in [0.15, 0.2) is 0 Å². The number of carbonyl (C=O) groups is 1. The van der Waals surface area contributed by atoms with Crippen LogP contribution in [-0.4, -0.2) is 53.8 Å². The minimum absolute atomic E-state index is 0.191. The number of piperidine rings is 1. The van der Waals surface area contributed by atoms with Crippen molar-refractivity contribution < 1.29 is 27.4 Å². The highest BCUT2D eigenvalue weighted by Gasteiger charge is 2.55. The second kappa shape index (κ2) is 10.1. The number of nitrogens with zero attached hydrogens (tertiary/aromatic N) is 3. The number of benzene rings is 2. The van der Waals surface area contributed by atoms with Gasteiger partial charge in [-0.3, -0.25) is 9.69 Å². The summed E-state index contributed by atoms with van der Waals surface area (Å²) in [6.45, 7) is 3.55. The van der Waals surface area contributed by atoms with Crippen LogP contribution in [0.5, 0.6) is 11.5 Å². The standard InChI is InChI=1S/C26H26F3N3O3S/c1-34-19-7-5-17(6-8-19)10-31-12-21-22(13-31)23(21)14-32(25(33)24-15-36-16-30-24)11-18-3-2-4-20(9-18)35-26(27,28)29/h2-9,15-16,21-23H,10-14H2,1H3. The van der Waals surface area contributed by atoms with Gasteiger partial charge < -0.3 is 14.4 Å². The first-order valence-electron chi connectivity index (χ1n) is 11.7. The van der Waals surface area contributed by atoms with Crippen molar-refractivity contribution in [2.24, 2.45) is 17.8 Å². The fourth-order valence-electron chi connectivity index (χ4n) is 5.14. The van der Waals surface area contributed by atoms with Crippen LogP contribution in [0.4, 0.5) is 13.2 Å². The number of methoxy groups -OCH3 is 1. The van der Waals surface area contributed by atoms with E-state index in [4.69, 9.17) is 4.74 Å². The maximum atomic E-state index is 13.2. The van der Waals surface area contributed by atoms with Crippen LogP contribution in [0.2, 0.25) is 0 Å². The van der Waals surface area contributed by atoms with Gasteiger partial charge in [0.2, 0.25) is 0 Å². The Balaban J connectivity index is 1.22. The molecule has 1 aliphatic carbocycles. The molecule has 0 spiro atoms. The van der Waals surface area contributed by atoms with E-state index in [-0.39, 0.29) is 18.2 Å². The number of halogens is 3. The van der Waals surface area contributed by atoms with Gasteiger partial charge in [0.1, 0.15) is 17.2 Å².